The van der Waals surface area contributed by atoms with Gasteiger partial charge in [0, 0.05) is 13.0 Å². The van der Waals surface area contributed by atoms with E-state index < -0.39 is 0 Å². The molecule has 0 unspecified atom stereocenters. The highest BCUT2D eigenvalue weighted by molar-refractivity contribution is 6.34. The molecular formula is C11H10Cl2N2O. The van der Waals surface area contributed by atoms with Crippen LogP contribution in [0.2, 0.25) is 10.2 Å². The Bertz CT molecular complexity index is 449. The predicted octanol–water partition coefficient (Wildman–Crippen LogP) is 2.53. The molecule has 0 aromatic carbocycles. The van der Waals surface area contributed by atoms with E-state index in [0.717, 1.165) is 0 Å². The molecule has 1 heterocycles. The number of nitrogens with zero attached hydrogens (tertiary/aromatic N) is 1. The van der Waals surface area contributed by atoms with Crippen molar-refractivity contribution in [3.05, 3.63) is 28.0 Å². The fraction of sp³-hybridized carbons (Fsp3) is 0.273. The van der Waals surface area contributed by atoms with Gasteiger partial charge in [0.1, 0.15) is 10.8 Å². The van der Waals surface area contributed by atoms with Crippen LogP contribution < -0.4 is 5.32 Å². The van der Waals surface area contributed by atoms with Gasteiger partial charge in [-0.25, -0.2) is 4.98 Å². The Morgan fingerprint density at radius 2 is 2.25 bits per heavy atom. The van der Waals surface area contributed by atoms with Gasteiger partial charge in [0.25, 0.3) is 5.91 Å². The lowest BCUT2D eigenvalue weighted by Gasteiger charge is -2.04. The Morgan fingerprint density at radius 3 is 2.94 bits per heavy atom. The zero-order chi connectivity index (χ0) is 12.0. The molecule has 0 saturated carbocycles. The highest BCUT2D eigenvalue weighted by Gasteiger charge is 2.11. The maximum atomic E-state index is 11.6. The third-order valence-corrected chi connectivity index (χ3v) is 2.25. The zero-order valence-corrected chi connectivity index (χ0v) is 10.2. The molecule has 0 fully saturated rings. The van der Waals surface area contributed by atoms with Gasteiger partial charge in [-0.2, -0.15) is 0 Å². The van der Waals surface area contributed by atoms with Crippen LogP contribution in [-0.2, 0) is 0 Å². The second-order valence-corrected chi connectivity index (χ2v) is 3.69. The van der Waals surface area contributed by atoms with Crippen LogP contribution in [0.25, 0.3) is 0 Å². The van der Waals surface area contributed by atoms with Gasteiger partial charge >= 0.3 is 0 Å². The van der Waals surface area contributed by atoms with E-state index in [1.54, 1.807) is 6.92 Å². The topological polar surface area (TPSA) is 42.0 Å². The maximum absolute atomic E-state index is 11.6. The average molecular weight is 257 g/mol. The van der Waals surface area contributed by atoms with Crippen LogP contribution in [0.3, 0.4) is 0 Å². The highest BCUT2D eigenvalue weighted by atomic mass is 35.5. The molecule has 0 radical (unpaired) electrons. The molecule has 1 amide bonds. The first kappa shape index (κ1) is 12.8. The molecule has 0 aliphatic rings. The SMILES string of the molecule is CC#CCCNC(=O)c1nc(Cl)ccc1Cl. The number of hydrogen-bond acceptors (Lipinski definition) is 2. The van der Waals surface area contributed by atoms with E-state index in [1.807, 2.05) is 0 Å². The van der Waals surface area contributed by atoms with Crippen molar-refractivity contribution >= 4 is 29.1 Å². The fourth-order valence-electron chi connectivity index (χ4n) is 1.02. The van der Waals surface area contributed by atoms with E-state index >= 15 is 0 Å². The standard InChI is InChI=1S/C11H10Cl2N2O/c1-2-3-4-7-14-11(16)10-8(12)5-6-9(13)15-10/h5-6H,4,7H2,1H3,(H,14,16). The van der Waals surface area contributed by atoms with Gasteiger partial charge in [-0.3, -0.25) is 4.79 Å². The average Bonchev–Trinajstić information content (AvgIpc) is 2.27. The molecule has 0 aliphatic carbocycles. The molecule has 84 valence electrons. The van der Waals surface area contributed by atoms with Crippen LogP contribution in [0.5, 0.6) is 0 Å². The van der Waals surface area contributed by atoms with Crippen molar-refractivity contribution in [2.45, 2.75) is 13.3 Å². The van der Waals surface area contributed by atoms with E-state index in [4.69, 9.17) is 23.2 Å². The van der Waals surface area contributed by atoms with Crippen molar-refractivity contribution in [3.63, 3.8) is 0 Å². The summed E-state index contributed by atoms with van der Waals surface area (Å²) in [5.41, 5.74) is 0.138. The molecule has 1 rings (SSSR count). The van der Waals surface area contributed by atoms with Crippen LogP contribution >= 0.6 is 23.2 Å². The molecule has 0 aliphatic heterocycles. The smallest absolute Gasteiger partial charge is 0.271 e. The molecule has 1 aromatic heterocycles. The first-order valence-corrected chi connectivity index (χ1v) is 5.40. The van der Waals surface area contributed by atoms with E-state index in [-0.39, 0.29) is 21.8 Å². The summed E-state index contributed by atoms with van der Waals surface area (Å²) in [5.74, 6) is 5.23. The molecule has 0 spiro atoms. The van der Waals surface area contributed by atoms with Crippen molar-refractivity contribution < 1.29 is 4.79 Å². The van der Waals surface area contributed by atoms with Crippen molar-refractivity contribution in [3.8, 4) is 11.8 Å². The molecule has 1 N–H and O–H groups in total. The number of carbonyl (C=O) groups excluding carboxylic acids is 1. The number of halogens is 2. The van der Waals surface area contributed by atoms with Crippen molar-refractivity contribution in [1.82, 2.24) is 10.3 Å². The Hall–Kier alpha value is -1.24. The highest BCUT2D eigenvalue weighted by Crippen LogP contribution is 2.16. The molecule has 0 atom stereocenters. The van der Waals surface area contributed by atoms with E-state index in [1.165, 1.54) is 12.1 Å². The summed E-state index contributed by atoms with van der Waals surface area (Å²) in [5, 5.41) is 3.17. The lowest BCUT2D eigenvalue weighted by Crippen LogP contribution is -2.25. The summed E-state index contributed by atoms with van der Waals surface area (Å²) in [4.78, 5) is 15.5. The Morgan fingerprint density at radius 1 is 1.50 bits per heavy atom. The van der Waals surface area contributed by atoms with Crippen LogP contribution in [0.1, 0.15) is 23.8 Å². The van der Waals surface area contributed by atoms with Crippen LogP contribution in [0.4, 0.5) is 0 Å². The molecule has 3 nitrogen and oxygen atoms in total. The third kappa shape index (κ3) is 3.73. The molecule has 0 bridgehead atoms. The number of nitrogens with one attached hydrogen (secondary N) is 1. The van der Waals surface area contributed by atoms with Crippen molar-refractivity contribution in [1.29, 1.82) is 0 Å². The molecule has 16 heavy (non-hydrogen) atoms. The monoisotopic (exact) mass is 256 g/mol. The normalized spacial score (nSPS) is 9.19. The quantitative estimate of drug-likeness (QED) is 0.513. The molecule has 5 heteroatoms. The Kier molecular flexibility index (Phi) is 5.10. The fourth-order valence-corrected chi connectivity index (χ4v) is 1.36. The van der Waals surface area contributed by atoms with Gasteiger partial charge in [-0.1, -0.05) is 23.2 Å². The first-order chi connectivity index (χ1) is 7.65. The summed E-state index contributed by atoms with van der Waals surface area (Å²) >= 11 is 11.5. The summed E-state index contributed by atoms with van der Waals surface area (Å²) < 4.78 is 0. The minimum Gasteiger partial charge on any atom is -0.350 e. The van der Waals surface area contributed by atoms with Crippen LogP contribution in [0, 0.1) is 11.8 Å². The number of hydrogen-bond donors (Lipinski definition) is 1. The first-order valence-electron chi connectivity index (χ1n) is 4.65. The number of carbonyl (C=O) groups is 1. The van der Waals surface area contributed by atoms with Crippen molar-refractivity contribution in [2.24, 2.45) is 0 Å². The minimum atomic E-state index is -0.342. The lowest BCUT2D eigenvalue weighted by atomic mass is 10.3. The Labute approximate surface area is 104 Å². The van der Waals surface area contributed by atoms with Crippen LogP contribution in [-0.4, -0.2) is 17.4 Å². The van der Waals surface area contributed by atoms with Gasteiger partial charge in [0.05, 0.1) is 5.02 Å². The van der Waals surface area contributed by atoms with Gasteiger partial charge in [0.15, 0.2) is 0 Å². The minimum absolute atomic E-state index is 0.138. The summed E-state index contributed by atoms with van der Waals surface area (Å²) in [6.45, 7) is 2.21. The zero-order valence-electron chi connectivity index (χ0n) is 8.68. The third-order valence-electron chi connectivity index (χ3n) is 1.74. The van der Waals surface area contributed by atoms with Crippen LogP contribution in [0.15, 0.2) is 12.1 Å². The predicted molar refractivity (Wildman–Crippen MR) is 64.7 cm³/mol. The number of aromatic nitrogens is 1. The van der Waals surface area contributed by atoms with E-state index in [0.29, 0.717) is 13.0 Å². The summed E-state index contributed by atoms with van der Waals surface area (Å²) in [6, 6.07) is 3.07. The number of pyridine rings is 1. The maximum Gasteiger partial charge on any atom is 0.271 e. The second kappa shape index (κ2) is 6.37. The number of rotatable bonds is 3. The van der Waals surface area contributed by atoms with Gasteiger partial charge < -0.3 is 5.32 Å². The largest absolute Gasteiger partial charge is 0.350 e. The molecule has 1 aromatic rings. The molecular weight excluding hydrogens is 247 g/mol. The summed E-state index contributed by atoms with van der Waals surface area (Å²) in [6.07, 6.45) is 0.598. The van der Waals surface area contributed by atoms with E-state index in [9.17, 15) is 4.79 Å². The second-order valence-electron chi connectivity index (χ2n) is 2.90. The number of amides is 1. The van der Waals surface area contributed by atoms with Gasteiger partial charge in [-0.05, 0) is 19.1 Å². The van der Waals surface area contributed by atoms with Gasteiger partial charge in [-0.15, -0.1) is 11.8 Å². The van der Waals surface area contributed by atoms with Gasteiger partial charge in [0.2, 0.25) is 0 Å². The van der Waals surface area contributed by atoms with E-state index in [2.05, 4.69) is 22.1 Å². The summed E-state index contributed by atoms with van der Waals surface area (Å²) in [7, 11) is 0. The van der Waals surface area contributed by atoms with Crippen molar-refractivity contribution in [2.75, 3.05) is 6.54 Å². The molecule has 0 saturated heterocycles. The lowest BCUT2D eigenvalue weighted by molar-refractivity contribution is 0.0950. The Balaban J connectivity index is 2.64.